The van der Waals surface area contributed by atoms with E-state index in [4.69, 9.17) is 9.47 Å². The van der Waals surface area contributed by atoms with Crippen LogP contribution in [0.4, 0.5) is 15.3 Å². The van der Waals surface area contributed by atoms with E-state index in [1.807, 2.05) is 6.92 Å². The summed E-state index contributed by atoms with van der Waals surface area (Å²) < 4.78 is 10.6. The van der Waals surface area contributed by atoms with Crippen LogP contribution in [0.2, 0.25) is 0 Å². The average molecular weight is 263 g/mol. The second-order valence-corrected chi connectivity index (χ2v) is 3.64. The number of nitrogens with zero attached hydrogens (tertiary/aromatic N) is 3. The summed E-state index contributed by atoms with van der Waals surface area (Å²) in [5, 5.41) is 6.36. The van der Waals surface area contributed by atoms with Gasteiger partial charge in [0.05, 0.1) is 12.3 Å². The molecule has 1 heterocycles. The van der Waals surface area contributed by atoms with Crippen LogP contribution in [0.15, 0.2) is 34.5 Å². The van der Waals surface area contributed by atoms with Crippen LogP contribution in [-0.2, 0) is 4.74 Å². The first-order chi connectivity index (χ1) is 9.22. The lowest BCUT2D eigenvalue weighted by atomic mass is 10.3. The molecule has 1 aromatic rings. The van der Waals surface area contributed by atoms with Crippen molar-refractivity contribution in [2.24, 2.45) is 10.2 Å². The summed E-state index contributed by atoms with van der Waals surface area (Å²) in [6, 6.07) is 5.16. The highest BCUT2D eigenvalue weighted by molar-refractivity contribution is 6.17. The molecule has 0 saturated heterocycles. The second-order valence-electron chi connectivity index (χ2n) is 3.64. The number of benzene rings is 1. The van der Waals surface area contributed by atoms with E-state index >= 15 is 0 Å². The Labute approximate surface area is 109 Å². The number of azo groups is 1. The van der Waals surface area contributed by atoms with E-state index in [2.05, 4.69) is 10.2 Å². The van der Waals surface area contributed by atoms with Crippen molar-refractivity contribution in [2.45, 2.75) is 6.92 Å². The Bertz CT molecular complexity index is 480. The summed E-state index contributed by atoms with van der Waals surface area (Å²) in [4.78, 5) is 23.5. The highest BCUT2D eigenvalue weighted by Gasteiger charge is 2.28. The number of hydrogen-bond acceptors (Lipinski definition) is 4. The minimum atomic E-state index is -0.685. The monoisotopic (exact) mass is 263 g/mol. The van der Waals surface area contributed by atoms with Gasteiger partial charge in [-0.2, -0.15) is 0 Å². The van der Waals surface area contributed by atoms with Gasteiger partial charge in [0.15, 0.2) is 0 Å². The number of hydrogen-bond donors (Lipinski definition) is 0. The van der Waals surface area contributed by atoms with Gasteiger partial charge in [-0.1, -0.05) is 10.2 Å². The van der Waals surface area contributed by atoms with Gasteiger partial charge in [-0.3, -0.25) is 0 Å². The molecule has 0 N–H and O–H groups in total. The highest BCUT2D eigenvalue weighted by Crippen LogP contribution is 2.23. The lowest BCUT2D eigenvalue weighted by Gasteiger charge is -2.11. The maximum atomic E-state index is 11.3. The van der Waals surface area contributed by atoms with Crippen molar-refractivity contribution in [3.8, 4) is 5.75 Å². The first kappa shape index (κ1) is 13.2. The molecule has 1 aliphatic rings. The first-order valence-electron chi connectivity index (χ1n) is 5.82. The summed E-state index contributed by atoms with van der Waals surface area (Å²) in [6.07, 6.45) is 0. The van der Waals surface area contributed by atoms with Crippen molar-refractivity contribution in [3.63, 3.8) is 0 Å². The number of imide groups is 1. The molecule has 0 radical (unpaired) electrons. The van der Waals surface area contributed by atoms with Crippen LogP contribution in [0.5, 0.6) is 5.75 Å². The molecule has 0 aromatic heterocycles. The second kappa shape index (κ2) is 6.05. The summed E-state index contributed by atoms with van der Waals surface area (Å²) in [6.45, 7) is 3.52. The molecule has 7 nitrogen and oxygen atoms in total. The number of carbonyl (C=O) groups excluding carboxylic acids is 2. The number of urea groups is 2. The SMILES string of the molecule is CCOCCOc1ccc(N2C(=O)N=NC2=O)cc1. The summed E-state index contributed by atoms with van der Waals surface area (Å²) in [5.41, 5.74) is 0.414. The highest BCUT2D eigenvalue weighted by atomic mass is 16.5. The van der Waals surface area contributed by atoms with E-state index in [1.54, 1.807) is 24.3 Å². The van der Waals surface area contributed by atoms with Gasteiger partial charge in [-0.05, 0) is 31.2 Å². The Kier molecular flexibility index (Phi) is 4.19. The Morgan fingerprint density at radius 1 is 1.05 bits per heavy atom. The van der Waals surface area contributed by atoms with Crippen molar-refractivity contribution in [2.75, 3.05) is 24.7 Å². The zero-order valence-electron chi connectivity index (χ0n) is 10.4. The number of amides is 4. The van der Waals surface area contributed by atoms with Gasteiger partial charge in [0, 0.05) is 6.61 Å². The normalized spacial score (nSPS) is 14.3. The van der Waals surface area contributed by atoms with Gasteiger partial charge in [0.2, 0.25) is 0 Å². The molecule has 1 aromatic carbocycles. The Morgan fingerprint density at radius 3 is 2.26 bits per heavy atom. The van der Waals surface area contributed by atoms with Crippen LogP contribution in [-0.4, -0.2) is 31.9 Å². The van der Waals surface area contributed by atoms with Crippen molar-refractivity contribution >= 4 is 17.7 Å². The van der Waals surface area contributed by atoms with Gasteiger partial charge in [-0.25, -0.2) is 14.5 Å². The van der Waals surface area contributed by atoms with Gasteiger partial charge >= 0.3 is 12.1 Å². The fourth-order valence-corrected chi connectivity index (χ4v) is 1.53. The van der Waals surface area contributed by atoms with Crippen LogP contribution in [0.25, 0.3) is 0 Å². The lowest BCUT2D eigenvalue weighted by Crippen LogP contribution is -2.27. The first-order valence-corrected chi connectivity index (χ1v) is 5.82. The van der Waals surface area contributed by atoms with E-state index in [0.717, 1.165) is 4.90 Å². The van der Waals surface area contributed by atoms with E-state index in [9.17, 15) is 9.59 Å². The third-order valence-electron chi connectivity index (χ3n) is 2.40. The van der Waals surface area contributed by atoms with Gasteiger partial charge in [0.1, 0.15) is 12.4 Å². The van der Waals surface area contributed by atoms with E-state index in [1.165, 1.54) is 0 Å². The van der Waals surface area contributed by atoms with E-state index < -0.39 is 12.1 Å². The predicted octanol–water partition coefficient (Wildman–Crippen LogP) is 2.61. The van der Waals surface area contributed by atoms with Gasteiger partial charge in [0.25, 0.3) is 0 Å². The number of carbonyl (C=O) groups is 2. The molecular weight excluding hydrogens is 250 g/mol. The maximum absolute atomic E-state index is 11.3. The molecule has 100 valence electrons. The molecule has 2 rings (SSSR count). The lowest BCUT2D eigenvalue weighted by molar-refractivity contribution is 0.110. The molecule has 0 saturated carbocycles. The van der Waals surface area contributed by atoms with Crippen molar-refractivity contribution in [1.29, 1.82) is 0 Å². The number of ether oxygens (including phenoxy) is 2. The smallest absolute Gasteiger partial charge is 0.375 e. The Hall–Kier alpha value is -2.28. The average Bonchev–Trinajstić information content (AvgIpc) is 2.75. The maximum Gasteiger partial charge on any atom is 0.375 e. The molecular formula is C12H13N3O4. The quantitative estimate of drug-likeness (QED) is 0.739. The third-order valence-corrected chi connectivity index (χ3v) is 2.40. The van der Waals surface area contributed by atoms with Crippen molar-refractivity contribution in [1.82, 2.24) is 0 Å². The fraction of sp³-hybridized carbons (Fsp3) is 0.333. The molecule has 4 amide bonds. The summed E-state index contributed by atoms with van der Waals surface area (Å²) >= 11 is 0. The van der Waals surface area contributed by atoms with Crippen LogP contribution in [0.3, 0.4) is 0 Å². The standard InChI is InChI=1S/C12H13N3O4/c1-2-18-7-8-19-10-5-3-9(4-6-10)15-11(16)13-14-12(15)17/h3-6H,2,7-8H2,1H3. The summed E-state index contributed by atoms with van der Waals surface area (Å²) in [5.74, 6) is 0.636. The van der Waals surface area contributed by atoms with Crippen LogP contribution >= 0.6 is 0 Å². The molecule has 1 aliphatic heterocycles. The number of anilines is 1. The fourth-order valence-electron chi connectivity index (χ4n) is 1.53. The van der Waals surface area contributed by atoms with E-state index in [-0.39, 0.29) is 0 Å². The molecule has 7 heteroatoms. The Balaban J connectivity index is 1.95. The molecule has 0 spiro atoms. The van der Waals surface area contributed by atoms with Gasteiger partial charge in [-0.15, -0.1) is 0 Å². The minimum absolute atomic E-state index is 0.414. The van der Waals surface area contributed by atoms with Crippen molar-refractivity contribution in [3.05, 3.63) is 24.3 Å². The van der Waals surface area contributed by atoms with Crippen LogP contribution in [0, 0.1) is 0 Å². The molecule has 0 aliphatic carbocycles. The predicted molar refractivity (Wildman–Crippen MR) is 66.6 cm³/mol. The van der Waals surface area contributed by atoms with E-state index in [0.29, 0.717) is 31.3 Å². The van der Waals surface area contributed by atoms with Gasteiger partial charge < -0.3 is 9.47 Å². The zero-order chi connectivity index (χ0) is 13.7. The zero-order valence-corrected chi connectivity index (χ0v) is 10.4. The molecule has 19 heavy (non-hydrogen) atoms. The third kappa shape index (κ3) is 3.14. The minimum Gasteiger partial charge on any atom is -0.491 e. The van der Waals surface area contributed by atoms with Crippen LogP contribution in [0.1, 0.15) is 6.92 Å². The topological polar surface area (TPSA) is 80.6 Å². The largest absolute Gasteiger partial charge is 0.491 e. The molecule has 0 bridgehead atoms. The van der Waals surface area contributed by atoms with Crippen LogP contribution < -0.4 is 9.64 Å². The Morgan fingerprint density at radius 2 is 1.68 bits per heavy atom. The molecule has 0 fully saturated rings. The van der Waals surface area contributed by atoms with Crippen molar-refractivity contribution < 1.29 is 19.1 Å². The molecule has 0 unspecified atom stereocenters. The summed E-state index contributed by atoms with van der Waals surface area (Å²) in [7, 11) is 0. The number of rotatable bonds is 6. The molecule has 0 atom stereocenters.